The van der Waals surface area contributed by atoms with Gasteiger partial charge in [-0.1, -0.05) is 26.0 Å². The maximum Gasteiger partial charge on any atom is 0.338 e. The molecule has 8 rings (SSSR count). The van der Waals surface area contributed by atoms with Crippen LogP contribution in [0.4, 0.5) is 0 Å². The molecule has 0 aromatic heterocycles. The third-order valence-corrected chi connectivity index (χ3v) is 12.7. The number of rotatable bonds is 6. The normalized spacial score (nSPS) is 35.3. The predicted octanol–water partition coefficient (Wildman–Crippen LogP) is 6.65. The smallest absolute Gasteiger partial charge is 0.338 e. The molecule has 0 saturated heterocycles. The van der Waals surface area contributed by atoms with Crippen molar-refractivity contribution in [2.75, 3.05) is 20.2 Å². The minimum Gasteiger partial charge on any atom is -0.465 e. The lowest BCUT2D eigenvalue weighted by atomic mass is 9.40. The monoisotopic (exact) mass is 658 g/mol. The molecular formula is C38H42O10. The second-order valence-electron chi connectivity index (χ2n) is 15.1. The van der Waals surface area contributed by atoms with Gasteiger partial charge in [0.25, 0.3) is 0 Å². The molecule has 0 amide bonds. The fourth-order valence-corrected chi connectivity index (χ4v) is 10.5. The molecule has 10 nitrogen and oxygen atoms in total. The highest BCUT2D eigenvalue weighted by Crippen LogP contribution is 2.73. The Kier molecular flexibility index (Phi) is 7.23. The van der Waals surface area contributed by atoms with Crippen molar-refractivity contribution >= 4 is 17.9 Å². The van der Waals surface area contributed by atoms with Crippen molar-refractivity contribution < 1.29 is 47.5 Å². The largest absolute Gasteiger partial charge is 0.465 e. The highest BCUT2D eigenvalue weighted by Gasteiger charge is 2.70. The summed E-state index contributed by atoms with van der Waals surface area (Å²) in [5.74, 6) is 1.53. The second kappa shape index (κ2) is 11.2. The van der Waals surface area contributed by atoms with Crippen molar-refractivity contribution in [2.24, 2.45) is 34.0 Å². The number of benzene rings is 2. The number of hydrogen-bond donors (Lipinski definition) is 0. The van der Waals surface area contributed by atoms with Gasteiger partial charge >= 0.3 is 17.9 Å². The van der Waals surface area contributed by atoms with Crippen LogP contribution < -0.4 is 18.9 Å². The molecule has 0 radical (unpaired) electrons. The summed E-state index contributed by atoms with van der Waals surface area (Å²) < 4.78 is 40.6. The first-order chi connectivity index (χ1) is 23.0. The maximum atomic E-state index is 13.9. The number of ether oxygens (including phenoxy) is 7. The quantitative estimate of drug-likeness (QED) is 0.190. The molecule has 4 saturated carbocycles. The zero-order valence-corrected chi connectivity index (χ0v) is 27.7. The molecule has 2 aromatic carbocycles. The van der Waals surface area contributed by atoms with Gasteiger partial charge in [0.05, 0.1) is 11.1 Å². The number of fused-ring (bicyclic) bond motifs is 5. The Morgan fingerprint density at radius 2 is 1.42 bits per heavy atom. The predicted molar refractivity (Wildman–Crippen MR) is 171 cm³/mol. The van der Waals surface area contributed by atoms with Crippen LogP contribution in [0.2, 0.25) is 0 Å². The van der Waals surface area contributed by atoms with Gasteiger partial charge in [-0.15, -0.1) is 0 Å². The van der Waals surface area contributed by atoms with E-state index < -0.39 is 35.5 Å². The summed E-state index contributed by atoms with van der Waals surface area (Å²) in [6.45, 7) is 10.6. The van der Waals surface area contributed by atoms with E-state index in [0.717, 1.165) is 32.1 Å². The van der Waals surface area contributed by atoms with Crippen molar-refractivity contribution in [1.82, 2.24) is 0 Å². The number of carbonyl (C=O) groups excluding carboxylic acids is 3. The van der Waals surface area contributed by atoms with Crippen LogP contribution in [0.5, 0.6) is 23.0 Å². The van der Waals surface area contributed by atoms with Gasteiger partial charge in [0.15, 0.2) is 23.0 Å². The fraction of sp³-hybridized carbons (Fsp3) is 0.553. The summed E-state index contributed by atoms with van der Waals surface area (Å²) in [7, 11) is 0. The third-order valence-electron chi connectivity index (χ3n) is 12.7. The van der Waals surface area contributed by atoms with E-state index in [4.69, 9.17) is 33.2 Å². The number of esters is 3. The molecular weight excluding hydrogens is 616 g/mol. The summed E-state index contributed by atoms with van der Waals surface area (Å²) in [6, 6.07) is 10.2. The Balaban J connectivity index is 1.14. The maximum absolute atomic E-state index is 13.9. The standard InChI is InChI=1S/C38H42O10/c1-21-16-38-17-25(21)7-10-30(38)36(3)12-11-32(47-34(40)23-5-8-26-28(13-23)45-19-43-26)37(4,18-42-22(2)39)31(36)15-33(38)48-35(41)24-6-9-27-29(14-24)46-20-44-27/h5-6,8-9,13-14,25,30-33H,1,7,10-12,15-20H2,2-4H3/t25-,30-,31+,32+,33-,36-,37+,38+/m0/s1. The van der Waals surface area contributed by atoms with E-state index in [-0.39, 0.29) is 42.9 Å². The van der Waals surface area contributed by atoms with Gasteiger partial charge < -0.3 is 33.2 Å². The first-order valence-corrected chi connectivity index (χ1v) is 17.0. The van der Waals surface area contributed by atoms with Gasteiger partial charge in [-0.25, -0.2) is 9.59 Å². The molecule has 2 bridgehead atoms. The Hall–Kier alpha value is -4.21. The molecule has 0 N–H and O–H groups in total. The lowest BCUT2D eigenvalue weighted by molar-refractivity contribution is -0.232. The third kappa shape index (κ3) is 4.77. The first-order valence-electron chi connectivity index (χ1n) is 17.0. The van der Waals surface area contributed by atoms with Crippen LogP contribution in [0.3, 0.4) is 0 Å². The van der Waals surface area contributed by atoms with Gasteiger partial charge in [0.1, 0.15) is 18.8 Å². The summed E-state index contributed by atoms with van der Waals surface area (Å²) in [6.07, 6.45) is 4.90. The average Bonchev–Trinajstić information content (AvgIpc) is 3.80. The van der Waals surface area contributed by atoms with Crippen LogP contribution in [0.25, 0.3) is 0 Å². The highest BCUT2D eigenvalue weighted by molar-refractivity contribution is 5.91. The molecule has 2 aromatic rings. The summed E-state index contributed by atoms with van der Waals surface area (Å²) in [5, 5.41) is 0. The Morgan fingerprint density at radius 3 is 2.04 bits per heavy atom. The van der Waals surface area contributed by atoms with E-state index in [1.54, 1.807) is 36.4 Å². The molecule has 4 aliphatic carbocycles. The highest BCUT2D eigenvalue weighted by atomic mass is 16.7. The SMILES string of the molecule is C=C1C[C@@]23C[C@@H]1CC[C@H]2[C@]1(C)CC[C@@H](OC(=O)c2ccc4c(c2)OCO4)[C@](C)(COC(C)=O)[C@@H]1C[C@@H]3OC(=O)c1ccc2c(c1)OCO2. The summed E-state index contributed by atoms with van der Waals surface area (Å²) in [4.78, 5) is 39.9. The van der Waals surface area contributed by atoms with E-state index in [1.165, 1.54) is 12.5 Å². The van der Waals surface area contributed by atoms with E-state index in [2.05, 4.69) is 20.4 Å². The molecule has 0 unspecified atom stereocenters. The zero-order valence-electron chi connectivity index (χ0n) is 27.7. The molecule has 4 fully saturated rings. The molecule has 8 atom stereocenters. The van der Waals surface area contributed by atoms with Gasteiger partial charge in [-0.3, -0.25) is 4.79 Å². The molecule has 10 heteroatoms. The summed E-state index contributed by atoms with van der Waals surface area (Å²) in [5.41, 5.74) is 0.860. The first kappa shape index (κ1) is 31.1. The Morgan fingerprint density at radius 1 is 0.812 bits per heavy atom. The lowest BCUT2D eigenvalue weighted by Gasteiger charge is -2.66. The van der Waals surface area contributed by atoms with Crippen molar-refractivity contribution in [2.45, 2.75) is 77.9 Å². The van der Waals surface area contributed by atoms with Crippen molar-refractivity contribution in [3.8, 4) is 23.0 Å². The zero-order chi connectivity index (χ0) is 33.4. The van der Waals surface area contributed by atoms with Crippen LogP contribution in [-0.2, 0) is 19.0 Å². The van der Waals surface area contributed by atoms with Gasteiger partial charge in [-0.05, 0) is 105 Å². The minimum atomic E-state index is -0.748. The molecule has 6 aliphatic rings. The van der Waals surface area contributed by atoms with E-state index in [9.17, 15) is 14.4 Å². The number of allylic oxidation sites excluding steroid dienone is 1. The second-order valence-corrected chi connectivity index (χ2v) is 15.1. The number of hydrogen-bond acceptors (Lipinski definition) is 10. The van der Waals surface area contributed by atoms with Crippen molar-refractivity contribution in [3.63, 3.8) is 0 Å². The summed E-state index contributed by atoms with van der Waals surface area (Å²) >= 11 is 0. The van der Waals surface area contributed by atoms with Gasteiger partial charge in [-0.2, -0.15) is 0 Å². The topological polar surface area (TPSA) is 116 Å². The molecule has 2 heterocycles. The van der Waals surface area contributed by atoms with E-state index >= 15 is 0 Å². The number of carbonyl (C=O) groups is 3. The average molecular weight is 659 g/mol. The van der Waals surface area contributed by atoms with Crippen molar-refractivity contribution in [1.29, 1.82) is 0 Å². The van der Waals surface area contributed by atoms with Crippen LogP contribution >= 0.6 is 0 Å². The Labute approximate surface area is 280 Å². The van der Waals surface area contributed by atoms with Crippen LogP contribution in [0, 0.1) is 34.0 Å². The van der Waals surface area contributed by atoms with Gasteiger partial charge in [0, 0.05) is 17.8 Å². The Bertz CT molecular complexity index is 1700. The van der Waals surface area contributed by atoms with Crippen molar-refractivity contribution in [3.05, 3.63) is 59.7 Å². The lowest BCUT2D eigenvalue weighted by Crippen LogP contribution is -2.66. The van der Waals surface area contributed by atoms with Gasteiger partial charge in [0.2, 0.25) is 13.6 Å². The van der Waals surface area contributed by atoms with Crippen LogP contribution in [0.15, 0.2) is 48.6 Å². The van der Waals surface area contributed by atoms with E-state index in [1.807, 2.05) is 0 Å². The van der Waals surface area contributed by atoms with Crippen LogP contribution in [0.1, 0.15) is 86.4 Å². The van der Waals surface area contributed by atoms with Crippen LogP contribution in [-0.4, -0.2) is 50.3 Å². The molecule has 254 valence electrons. The molecule has 48 heavy (non-hydrogen) atoms. The molecule has 2 aliphatic heterocycles. The minimum absolute atomic E-state index is 0.0803. The molecule has 1 spiro atoms. The van der Waals surface area contributed by atoms with E-state index in [0.29, 0.717) is 52.9 Å². The fourth-order valence-electron chi connectivity index (χ4n) is 10.5.